The Balaban J connectivity index is 1.35. The summed E-state index contributed by atoms with van der Waals surface area (Å²) in [4.78, 5) is 2.42. The number of nitrogens with zero attached hydrogens (tertiary/aromatic N) is 1. The van der Waals surface area contributed by atoms with Crippen molar-refractivity contribution < 1.29 is 13.2 Å². The topological polar surface area (TPSA) is 3.24 Å². The third-order valence-electron chi connectivity index (χ3n) is 6.13. The maximum atomic E-state index is 12.7. The lowest BCUT2D eigenvalue weighted by molar-refractivity contribution is -0.137. The van der Waals surface area contributed by atoms with E-state index in [1.165, 1.54) is 29.7 Å². The molecule has 1 aliphatic heterocycles. The summed E-state index contributed by atoms with van der Waals surface area (Å²) in [6, 6.07) is 22.6. The maximum absolute atomic E-state index is 12.7. The first-order valence-corrected chi connectivity index (χ1v) is 10.8. The van der Waals surface area contributed by atoms with Gasteiger partial charge >= 0.3 is 6.18 Å². The molecule has 4 heteroatoms. The van der Waals surface area contributed by atoms with Crippen molar-refractivity contribution in [3.05, 3.63) is 108 Å². The Morgan fingerprint density at radius 2 is 1.16 bits per heavy atom. The molecule has 3 aromatic rings. The molecule has 3 aromatic carbocycles. The molecule has 4 rings (SSSR count). The number of benzene rings is 3. The Morgan fingerprint density at radius 3 is 1.65 bits per heavy atom. The normalized spacial score (nSPS) is 15.3. The quantitative estimate of drug-likeness (QED) is 0.411. The Morgan fingerprint density at radius 1 is 0.710 bits per heavy atom. The van der Waals surface area contributed by atoms with E-state index in [9.17, 15) is 13.2 Å². The minimum atomic E-state index is -4.28. The average molecular weight is 423 g/mol. The van der Waals surface area contributed by atoms with Crippen LogP contribution >= 0.6 is 0 Å². The monoisotopic (exact) mass is 422 g/mol. The number of hydrogen-bond acceptors (Lipinski definition) is 1. The molecule has 1 atom stereocenters. The fraction of sp³-hybridized carbons (Fsp3) is 0.296. The highest BCUT2D eigenvalue weighted by molar-refractivity contribution is 5.50. The van der Waals surface area contributed by atoms with Crippen molar-refractivity contribution in [1.29, 1.82) is 0 Å². The summed E-state index contributed by atoms with van der Waals surface area (Å²) in [5, 5.41) is 0. The van der Waals surface area contributed by atoms with Crippen molar-refractivity contribution in [3.63, 3.8) is 0 Å². The Kier molecular flexibility index (Phi) is 6.35. The van der Waals surface area contributed by atoms with Crippen molar-refractivity contribution in [2.45, 2.75) is 37.8 Å². The number of halogens is 3. The van der Waals surface area contributed by atoms with Crippen LogP contribution in [0.2, 0.25) is 0 Å². The van der Waals surface area contributed by atoms with Gasteiger partial charge in [0, 0.05) is 24.7 Å². The first-order valence-electron chi connectivity index (χ1n) is 10.8. The fourth-order valence-corrected chi connectivity index (χ4v) is 4.15. The van der Waals surface area contributed by atoms with Gasteiger partial charge in [-0.25, -0.2) is 0 Å². The van der Waals surface area contributed by atoms with Gasteiger partial charge in [0.05, 0.1) is 5.56 Å². The zero-order valence-electron chi connectivity index (χ0n) is 17.5. The first-order chi connectivity index (χ1) is 14.9. The molecule has 31 heavy (non-hydrogen) atoms. The maximum Gasteiger partial charge on any atom is 0.416 e. The van der Waals surface area contributed by atoms with Gasteiger partial charge in [-0.1, -0.05) is 48.5 Å². The highest BCUT2D eigenvalue weighted by atomic mass is 19.4. The predicted octanol–water partition coefficient (Wildman–Crippen LogP) is 7.06. The minimum Gasteiger partial charge on any atom is -0.372 e. The van der Waals surface area contributed by atoms with Gasteiger partial charge in [-0.3, -0.25) is 0 Å². The van der Waals surface area contributed by atoms with Crippen LogP contribution in [0.25, 0.3) is 0 Å². The van der Waals surface area contributed by atoms with E-state index >= 15 is 0 Å². The van der Waals surface area contributed by atoms with Gasteiger partial charge in [-0.15, -0.1) is 0 Å². The molecule has 0 aliphatic carbocycles. The van der Waals surface area contributed by atoms with Crippen LogP contribution in [0, 0.1) is 6.92 Å². The second kappa shape index (κ2) is 9.17. The molecule has 161 valence electrons. The minimum absolute atomic E-state index is 0.0663. The van der Waals surface area contributed by atoms with Crippen molar-refractivity contribution >= 4 is 5.69 Å². The van der Waals surface area contributed by atoms with Gasteiger partial charge in [0.2, 0.25) is 0 Å². The molecular weight excluding hydrogens is 395 g/mol. The zero-order chi connectivity index (χ0) is 21.8. The summed E-state index contributed by atoms with van der Waals surface area (Å²) in [6.07, 6.45) is -0.245. The molecule has 0 N–H and O–H groups in total. The van der Waals surface area contributed by atoms with Crippen LogP contribution in [-0.4, -0.2) is 13.1 Å². The second-order valence-corrected chi connectivity index (χ2v) is 8.27. The fourth-order valence-electron chi connectivity index (χ4n) is 4.15. The standard InChI is InChI=1S/C27H27F3N/c1-20(24-12-16-26(17-13-24)31-18-2-3-19-31)23-10-6-21(7-11-23)4-5-22-8-14-25(15-9-22)27(28,29)30/h6-17,20H,1-5,18-19H2. The average Bonchev–Trinajstić information content (AvgIpc) is 3.32. The number of alkyl halides is 3. The van der Waals surface area contributed by atoms with Crippen molar-refractivity contribution in [2.24, 2.45) is 0 Å². The molecule has 0 aromatic heterocycles. The van der Waals surface area contributed by atoms with Crippen LogP contribution in [-0.2, 0) is 19.0 Å². The molecule has 0 amide bonds. The first kappa shape index (κ1) is 21.5. The number of anilines is 1. The van der Waals surface area contributed by atoms with E-state index in [1.807, 2.05) is 0 Å². The Bertz CT molecular complexity index is 967. The zero-order valence-corrected chi connectivity index (χ0v) is 17.5. The SMILES string of the molecule is [CH2]C(c1ccc(CCc2ccc(C(F)(F)F)cc2)cc1)c1ccc(N2CCCC2)cc1. The van der Waals surface area contributed by atoms with Crippen LogP contribution in [0.4, 0.5) is 18.9 Å². The van der Waals surface area contributed by atoms with E-state index in [4.69, 9.17) is 0 Å². The molecule has 0 spiro atoms. The van der Waals surface area contributed by atoms with E-state index in [0.29, 0.717) is 6.42 Å². The van der Waals surface area contributed by atoms with Crippen LogP contribution in [0.15, 0.2) is 72.8 Å². The summed E-state index contributed by atoms with van der Waals surface area (Å²) < 4.78 is 38.0. The molecule has 1 saturated heterocycles. The molecule has 1 radical (unpaired) electrons. The van der Waals surface area contributed by atoms with Crippen molar-refractivity contribution in [3.8, 4) is 0 Å². The van der Waals surface area contributed by atoms with E-state index in [1.54, 1.807) is 12.1 Å². The lowest BCUT2D eigenvalue weighted by Gasteiger charge is -2.19. The van der Waals surface area contributed by atoms with Crippen LogP contribution < -0.4 is 4.90 Å². The summed E-state index contributed by atoms with van der Waals surface area (Å²) in [6.45, 7) is 6.63. The Labute approximate surface area is 182 Å². The highest BCUT2D eigenvalue weighted by Gasteiger charge is 2.29. The van der Waals surface area contributed by atoms with Gasteiger partial charge in [0.15, 0.2) is 0 Å². The van der Waals surface area contributed by atoms with E-state index in [0.717, 1.165) is 42.8 Å². The molecule has 1 unspecified atom stereocenters. The Hall–Kier alpha value is -2.75. The summed E-state index contributed by atoms with van der Waals surface area (Å²) in [7, 11) is 0. The molecule has 1 nitrogen and oxygen atoms in total. The van der Waals surface area contributed by atoms with E-state index < -0.39 is 11.7 Å². The lowest BCUT2D eigenvalue weighted by atomic mass is 9.91. The summed E-state index contributed by atoms with van der Waals surface area (Å²) >= 11 is 0. The van der Waals surface area contributed by atoms with E-state index in [-0.39, 0.29) is 5.92 Å². The van der Waals surface area contributed by atoms with E-state index in [2.05, 4.69) is 60.4 Å². The van der Waals surface area contributed by atoms with Gasteiger partial charge in [0.1, 0.15) is 0 Å². The molecular formula is C27H27F3N. The van der Waals surface area contributed by atoms with Crippen LogP contribution in [0.1, 0.15) is 46.6 Å². The molecule has 1 heterocycles. The second-order valence-electron chi connectivity index (χ2n) is 8.27. The predicted molar refractivity (Wildman–Crippen MR) is 120 cm³/mol. The molecule has 1 fully saturated rings. The smallest absolute Gasteiger partial charge is 0.372 e. The number of hydrogen-bond donors (Lipinski definition) is 0. The van der Waals surface area contributed by atoms with Gasteiger partial charge < -0.3 is 4.90 Å². The van der Waals surface area contributed by atoms with Gasteiger partial charge in [0.25, 0.3) is 0 Å². The van der Waals surface area contributed by atoms with Crippen molar-refractivity contribution in [1.82, 2.24) is 0 Å². The van der Waals surface area contributed by atoms with Crippen molar-refractivity contribution in [2.75, 3.05) is 18.0 Å². The van der Waals surface area contributed by atoms with Crippen LogP contribution in [0.5, 0.6) is 0 Å². The lowest BCUT2D eigenvalue weighted by Crippen LogP contribution is -2.17. The number of rotatable bonds is 6. The largest absolute Gasteiger partial charge is 0.416 e. The third kappa shape index (κ3) is 5.30. The number of aryl methyl sites for hydroxylation is 2. The molecule has 1 aliphatic rings. The highest BCUT2D eigenvalue weighted by Crippen LogP contribution is 2.30. The molecule has 0 saturated carbocycles. The van der Waals surface area contributed by atoms with Gasteiger partial charge in [-0.05, 0) is 79.1 Å². The summed E-state index contributed by atoms with van der Waals surface area (Å²) in [5.41, 5.74) is 5.11. The summed E-state index contributed by atoms with van der Waals surface area (Å²) in [5.74, 6) is 0.0663. The molecule has 0 bridgehead atoms. The van der Waals surface area contributed by atoms with Crippen LogP contribution in [0.3, 0.4) is 0 Å². The van der Waals surface area contributed by atoms with Gasteiger partial charge in [-0.2, -0.15) is 13.2 Å². The third-order valence-corrected chi connectivity index (χ3v) is 6.13.